The molecule has 0 atom stereocenters. The summed E-state index contributed by atoms with van der Waals surface area (Å²) in [6.07, 6.45) is 1.23. The predicted molar refractivity (Wildman–Crippen MR) is 195 cm³/mol. The van der Waals surface area contributed by atoms with Crippen molar-refractivity contribution < 1.29 is 35.1 Å². The van der Waals surface area contributed by atoms with Crippen LogP contribution in [0, 0.1) is 11.6 Å². The van der Waals surface area contributed by atoms with E-state index in [2.05, 4.69) is 13.2 Å². The Morgan fingerprint density at radius 1 is 0.519 bits per heavy atom. The van der Waals surface area contributed by atoms with Crippen molar-refractivity contribution in [2.45, 2.75) is 26.2 Å². The van der Waals surface area contributed by atoms with Gasteiger partial charge in [-0.15, -0.1) is 0 Å². The van der Waals surface area contributed by atoms with Crippen LogP contribution in [0.5, 0.6) is 0 Å². The average Bonchev–Trinajstić information content (AvgIpc) is 3.12. The van der Waals surface area contributed by atoms with E-state index in [1.165, 1.54) is 12.1 Å². The minimum absolute atomic E-state index is 0.206. The minimum Gasteiger partial charge on any atom is -0.206 e. The third kappa shape index (κ3) is 7.76. The van der Waals surface area contributed by atoms with E-state index >= 15 is 0 Å². The highest BCUT2D eigenvalue weighted by atomic mass is 19.4. The molecular formula is C44H32F8. The van der Waals surface area contributed by atoms with Crippen molar-refractivity contribution in [2.75, 3.05) is 0 Å². The van der Waals surface area contributed by atoms with Gasteiger partial charge >= 0.3 is 12.4 Å². The van der Waals surface area contributed by atoms with Crippen LogP contribution in [0.1, 0.15) is 36.1 Å². The average molecular weight is 713 g/mol. The van der Waals surface area contributed by atoms with Crippen molar-refractivity contribution in [3.63, 3.8) is 0 Å². The maximum atomic E-state index is 14.0. The molecular weight excluding hydrogens is 680 g/mol. The monoisotopic (exact) mass is 712 g/mol. The lowest BCUT2D eigenvalue weighted by molar-refractivity contribution is -0.140. The zero-order chi connectivity index (χ0) is 37.8. The maximum absolute atomic E-state index is 14.0. The van der Waals surface area contributed by atoms with E-state index in [9.17, 15) is 35.1 Å². The molecule has 5 aromatic rings. The molecule has 0 N–H and O–H groups in total. The molecule has 0 saturated heterocycles. The molecule has 0 unspecified atom stereocenters. The Morgan fingerprint density at radius 3 is 1.25 bits per heavy atom. The fourth-order valence-electron chi connectivity index (χ4n) is 6.10. The number of benzene rings is 5. The SMILES string of the molecule is C=C/C=C(\C=C)c1c(-c2ccc(-c3ccc(F)c(C(F)(F)F)c3)cc2)ccc(-c2ccc(-c3ccc(F)c(C(F)(F)F)c3)cc2)c1C(/C=C\C)=C/C. The van der Waals surface area contributed by atoms with Gasteiger partial charge in [0.2, 0.25) is 0 Å². The summed E-state index contributed by atoms with van der Waals surface area (Å²) in [6, 6.07) is 23.5. The van der Waals surface area contributed by atoms with Gasteiger partial charge in [0.25, 0.3) is 0 Å². The van der Waals surface area contributed by atoms with Gasteiger partial charge in [0.15, 0.2) is 0 Å². The summed E-state index contributed by atoms with van der Waals surface area (Å²) in [4.78, 5) is 0. The van der Waals surface area contributed by atoms with Gasteiger partial charge < -0.3 is 0 Å². The second-order valence-electron chi connectivity index (χ2n) is 11.8. The van der Waals surface area contributed by atoms with Crippen LogP contribution in [0.2, 0.25) is 0 Å². The normalized spacial score (nSPS) is 12.7. The van der Waals surface area contributed by atoms with Crippen LogP contribution >= 0.6 is 0 Å². The van der Waals surface area contributed by atoms with Gasteiger partial charge in [-0.3, -0.25) is 0 Å². The fraction of sp³-hybridized carbons (Fsp3) is 0.0909. The number of halogens is 8. The van der Waals surface area contributed by atoms with Gasteiger partial charge in [0.1, 0.15) is 11.6 Å². The number of rotatable bonds is 9. The van der Waals surface area contributed by atoms with E-state index in [0.29, 0.717) is 11.1 Å². The predicted octanol–water partition coefficient (Wildman–Crippen LogP) is 14.4. The molecule has 0 aliphatic heterocycles. The zero-order valence-electron chi connectivity index (χ0n) is 28.1. The lowest BCUT2D eigenvalue weighted by Gasteiger charge is -2.22. The van der Waals surface area contributed by atoms with Crippen molar-refractivity contribution >= 4 is 11.1 Å². The van der Waals surface area contributed by atoms with Crippen molar-refractivity contribution in [3.05, 3.63) is 181 Å². The van der Waals surface area contributed by atoms with Crippen LogP contribution in [-0.2, 0) is 12.4 Å². The minimum atomic E-state index is -4.85. The molecule has 264 valence electrons. The Hall–Kier alpha value is -5.76. The van der Waals surface area contributed by atoms with E-state index in [4.69, 9.17) is 0 Å². The Morgan fingerprint density at radius 2 is 0.904 bits per heavy atom. The largest absolute Gasteiger partial charge is 0.419 e. The number of hydrogen-bond donors (Lipinski definition) is 0. The molecule has 52 heavy (non-hydrogen) atoms. The third-order valence-electron chi connectivity index (χ3n) is 8.56. The molecule has 0 aromatic heterocycles. The first-order valence-corrected chi connectivity index (χ1v) is 16.1. The Balaban J connectivity index is 1.69. The lowest BCUT2D eigenvalue weighted by atomic mass is 9.81. The lowest BCUT2D eigenvalue weighted by Crippen LogP contribution is -2.08. The fourth-order valence-corrected chi connectivity index (χ4v) is 6.10. The third-order valence-corrected chi connectivity index (χ3v) is 8.56. The molecule has 0 heterocycles. The maximum Gasteiger partial charge on any atom is 0.419 e. The van der Waals surface area contributed by atoms with Gasteiger partial charge in [0, 0.05) is 0 Å². The van der Waals surface area contributed by atoms with Crippen molar-refractivity contribution in [2.24, 2.45) is 0 Å². The quantitative estimate of drug-likeness (QED) is 0.105. The van der Waals surface area contributed by atoms with Crippen molar-refractivity contribution in [1.82, 2.24) is 0 Å². The second kappa shape index (κ2) is 15.2. The summed E-state index contributed by atoms with van der Waals surface area (Å²) in [6.45, 7) is 11.7. The summed E-state index contributed by atoms with van der Waals surface area (Å²) in [7, 11) is 0. The van der Waals surface area contributed by atoms with Gasteiger partial charge in [-0.25, -0.2) is 8.78 Å². The van der Waals surface area contributed by atoms with Crippen LogP contribution in [0.15, 0.2) is 147 Å². The van der Waals surface area contributed by atoms with E-state index < -0.39 is 35.1 Å². The smallest absolute Gasteiger partial charge is 0.206 e. The summed E-state index contributed by atoms with van der Waals surface area (Å²) >= 11 is 0. The standard InChI is InChI=1S/C44H32F8/c1-5-9-27(7-3)41-35(31-15-11-29(12-16-31)33-19-23-39(45)37(25-33)43(47,48)49)21-22-36(42(41)28(8-4)10-6-2)32-17-13-30(14-18-32)34-20-24-40(46)38(26-34)44(50,51)52/h5-26H,1,3H2,2,4H3/b10-6-,27-9+,28-8+. The highest BCUT2D eigenvalue weighted by Crippen LogP contribution is 2.43. The first-order valence-electron chi connectivity index (χ1n) is 16.1. The van der Waals surface area contributed by atoms with E-state index in [1.807, 2.05) is 50.3 Å². The molecule has 0 fully saturated rings. The first kappa shape index (κ1) is 37.5. The molecule has 0 bridgehead atoms. The van der Waals surface area contributed by atoms with Gasteiger partial charge in [-0.05, 0) is 105 Å². The van der Waals surface area contributed by atoms with E-state index in [0.717, 1.165) is 68.8 Å². The van der Waals surface area contributed by atoms with Crippen LogP contribution < -0.4 is 0 Å². The molecule has 8 heteroatoms. The number of hydrogen-bond acceptors (Lipinski definition) is 0. The number of alkyl halides is 6. The summed E-state index contributed by atoms with van der Waals surface area (Å²) in [5, 5.41) is 0. The van der Waals surface area contributed by atoms with Crippen molar-refractivity contribution in [3.8, 4) is 44.5 Å². The molecule has 0 saturated carbocycles. The molecule has 0 aliphatic carbocycles. The van der Waals surface area contributed by atoms with Gasteiger partial charge in [-0.1, -0.05) is 122 Å². The molecule has 0 amide bonds. The molecule has 5 aromatic carbocycles. The Labute approximate surface area is 297 Å². The molecule has 0 nitrogen and oxygen atoms in total. The van der Waals surface area contributed by atoms with E-state index in [-0.39, 0.29) is 11.1 Å². The van der Waals surface area contributed by atoms with Crippen LogP contribution in [0.3, 0.4) is 0 Å². The molecule has 0 radical (unpaired) electrons. The molecule has 0 aliphatic rings. The summed E-state index contributed by atoms with van der Waals surface area (Å²) in [5.74, 6) is -2.70. The van der Waals surface area contributed by atoms with Gasteiger partial charge in [0.05, 0.1) is 11.1 Å². The first-order chi connectivity index (χ1) is 24.7. The number of allylic oxidation sites excluding steroid dienone is 8. The van der Waals surface area contributed by atoms with Gasteiger partial charge in [-0.2, -0.15) is 26.3 Å². The summed E-state index contributed by atoms with van der Waals surface area (Å²) in [5.41, 5.74) is 4.90. The highest BCUT2D eigenvalue weighted by Gasteiger charge is 2.35. The second-order valence-corrected chi connectivity index (χ2v) is 11.8. The topological polar surface area (TPSA) is 0 Å². The van der Waals surface area contributed by atoms with Crippen LogP contribution in [0.25, 0.3) is 55.7 Å². The summed E-state index contributed by atoms with van der Waals surface area (Å²) < 4.78 is 109. The zero-order valence-corrected chi connectivity index (χ0v) is 28.1. The molecule has 0 spiro atoms. The Kier molecular flexibility index (Phi) is 11.0. The van der Waals surface area contributed by atoms with E-state index in [1.54, 1.807) is 60.7 Å². The van der Waals surface area contributed by atoms with Crippen molar-refractivity contribution in [1.29, 1.82) is 0 Å². The van der Waals surface area contributed by atoms with Crippen LogP contribution in [-0.4, -0.2) is 0 Å². The molecule has 5 rings (SSSR count). The highest BCUT2D eigenvalue weighted by molar-refractivity contribution is 6.00. The van der Waals surface area contributed by atoms with Crippen LogP contribution in [0.4, 0.5) is 35.1 Å². The Bertz CT molecular complexity index is 2210.